The monoisotopic (exact) mass is 451 g/mol. The highest BCUT2D eigenvalue weighted by Gasteiger charge is 2.27. The Bertz CT molecular complexity index is 836. The van der Waals surface area contributed by atoms with Gasteiger partial charge in [-0.15, -0.1) is 11.8 Å². The van der Waals surface area contributed by atoms with Crippen LogP contribution in [0.5, 0.6) is 0 Å². The number of amides is 2. The summed E-state index contributed by atoms with van der Waals surface area (Å²) in [6, 6.07) is 13.6. The average Bonchev–Trinajstić information content (AvgIpc) is 2.60. The van der Waals surface area contributed by atoms with Gasteiger partial charge in [0.1, 0.15) is 11.3 Å². The molecule has 0 aliphatic carbocycles. The number of carbonyl (C=O) groups is 2. The molecule has 1 aliphatic rings. The molecule has 3 N–H and O–H groups in total. The summed E-state index contributed by atoms with van der Waals surface area (Å²) in [7, 11) is 0. The zero-order valence-corrected chi connectivity index (χ0v) is 16.8. The molecule has 0 aromatic heterocycles. The van der Waals surface area contributed by atoms with Crippen LogP contribution in [-0.2, 0) is 15.3 Å². The van der Waals surface area contributed by atoms with Crippen molar-refractivity contribution in [2.75, 3.05) is 5.32 Å². The Hall–Kier alpha value is -1.90. The number of thioether (sulfide) groups is 1. The quantitative estimate of drug-likeness (QED) is 0.627. The molecule has 0 bridgehead atoms. The number of nitrogens with one attached hydrogen (secondary N) is 3. The first kappa shape index (κ1) is 19.9. The summed E-state index contributed by atoms with van der Waals surface area (Å²) in [5.74, 6) is -0.142. The van der Waals surface area contributed by atoms with Gasteiger partial charge in [0, 0.05) is 34.8 Å². The number of hydrogen-bond donors (Lipinski definition) is 3. The fraction of sp³-hybridized carbons (Fsp3) is 0.263. The van der Waals surface area contributed by atoms with Gasteiger partial charge in [0.05, 0.1) is 0 Å². The minimum Gasteiger partial charge on any atom is -0.332 e. The first-order chi connectivity index (χ1) is 13.0. The summed E-state index contributed by atoms with van der Waals surface area (Å²) in [5.41, 5.74) is 0.905. The van der Waals surface area contributed by atoms with E-state index in [0.29, 0.717) is 17.0 Å². The molecule has 27 heavy (non-hydrogen) atoms. The number of halogens is 2. The third-order valence-electron chi connectivity index (χ3n) is 4.01. The van der Waals surface area contributed by atoms with Crippen molar-refractivity contribution < 1.29 is 14.0 Å². The highest BCUT2D eigenvalue weighted by molar-refractivity contribution is 9.10. The number of hydrogen-bond acceptors (Lipinski definition) is 4. The van der Waals surface area contributed by atoms with E-state index in [-0.39, 0.29) is 42.0 Å². The maximum atomic E-state index is 13.7. The van der Waals surface area contributed by atoms with E-state index < -0.39 is 0 Å². The lowest BCUT2D eigenvalue weighted by Crippen LogP contribution is -2.55. The average molecular weight is 452 g/mol. The molecule has 1 fully saturated rings. The SMILES string of the molecule is O=C(CC1CC(=O)NC(SCc2ccccc2F)N1)Nc1cccc(Br)c1. The first-order valence-electron chi connectivity index (χ1n) is 8.45. The van der Waals surface area contributed by atoms with Gasteiger partial charge in [-0.05, 0) is 29.8 Å². The summed E-state index contributed by atoms with van der Waals surface area (Å²) in [6.07, 6.45) is 0.402. The minimum atomic E-state index is -0.366. The van der Waals surface area contributed by atoms with Crippen LogP contribution >= 0.6 is 27.7 Å². The van der Waals surface area contributed by atoms with Gasteiger partial charge in [0.2, 0.25) is 11.8 Å². The third kappa shape index (κ3) is 6.05. The van der Waals surface area contributed by atoms with E-state index in [4.69, 9.17) is 0 Å². The van der Waals surface area contributed by atoms with Crippen molar-refractivity contribution in [3.05, 3.63) is 64.4 Å². The van der Waals surface area contributed by atoms with Gasteiger partial charge in [-0.25, -0.2) is 4.39 Å². The molecule has 0 radical (unpaired) electrons. The minimum absolute atomic E-state index is 0.125. The fourth-order valence-corrected chi connectivity index (χ4v) is 4.24. The summed E-state index contributed by atoms with van der Waals surface area (Å²) < 4.78 is 14.6. The molecule has 1 heterocycles. The molecule has 2 unspecified atom stereocenters. The van der Waals surface area contributed by atoms with Gasteiger partial charge >= 0.3 is 0 Å². The number of carbonyl (C=O) groups excluding carboxylic acids is 2. The lowest BCUT2D eigenvalue weighted by molar-refractivity contribution is -0.124. The van der Waals surface area contributed by atoms with E-state index in [9.17, 15) is 14.0 Å². The van der Waals surface area contributed by atoms with Crippen LogP contribution in [0, 0.1) is 5.82 Å². The van der Waals surface area contributed by atoms with Crippen LogP contribution in [-0.4, -0.2) is 23.4 Å². The molecule has 2 amide bonds. The first-order valence-corrected chi connectivity index (χ1v) is 10.3. The molecular weight excluding hydrogens is 433 g/mol. The number of benzene rings is 2. The van der Waals surface area contributed by atoms with Crippen molar-refractivity contribution >= 4 is 45.2 Å². The highest BCUT2D eigenvalue weighted by atomic mass is 79.9. The van der Waals surface area contributed by atoms with Crippen LogP contribution in [0.25, 0.3) is 0 Å². The Morgan fingerprint density at radius 2 is 2.07 bits per heavy atom. The zero-order chi connectivity index (χ0) is 19.2. The molecular formula is C19H19BrFN3O2S. The lowest BCUT2D eigenvalue weighted by atomic mass is 10.1. The van der Waals surface area contributed by atoms with Crippen LogP contribution < -0.4 is 16.0 Å². The molecule has 0 spiro atoms. The Morgan fingerprint density at radius 3 is 2.85 bits per heavy atom. The Balaban J connectivity index is 1.52. The largest absolute Gasteiger partial charge is 0.332 e. The van der Waals surface area contributed by atoms with Crippen LogP contribution in [0.3, 0.4) is 0 Å². The molecule has 3 rings (SSSR count). The van der Waals surface area contributed by atoms with Crippen LogP contribution in [0.2, 0.25) is 0 Å². The lowest BCUT2D eigenvalue weighted by Gasteiger charge is -2.31. The summed E-state index contributed by atoms with van der Waals surface area (Å²) >= 11 is 4.75. The van der Waals surface area contributed by atoms with Crippen LogP contribution in [0.4, 0.5) is 10.1 Å². The van der Waals surface area contributed by atoms with E-state index in [0.717, 1.165) is 4.47 Å². The molecule has 8 heteroatoms. The van der Waals surface area contributed by atoms with Gasteiger partial charge in [-0.2, -0.15) is 0 Å². The molecule has 5 nitrogen and oxygen atoms in total. The molecule has 1 saturated heterocycles. The van der Waals surface area contributed by atoms with Crippen LogP contribution in [0.15, 0.2) is 53.0 Å². The molecule has 0 saturated carbocycles. The summed E-state index contributed by atoms with van der Waals surface area (Å²) in [4.78, 5) is 24.2. The van der Waals surface area contributed by atoms with Crippen molar-refractivity contribution in [3.63, 3.8) is 0 Å². The standard InChI is InChI=1S/C19H19BrFN3O2S/c20-13-5-3-6-14(8-13)22-17(25)9-15-10-18(26)24-19(23-15)27-11-12-4-1-2-7-16(12)21/h1-8,15,19,23H,9-11H2,(H,22,25)(H,24,26). The van der Waals surface area contributed by atoms with Crippen molar-refractivity contribution in [1.29, 1.82) is 0 Å². The van der Waals surface area contributed by atoms with Gasteiger partial charge in [0.25, 0.3) is 0 Å². The molecule has 2 aromatic rings. The number of anilines is 1. The topological polar surface area (TPSA) is 70.2 Å². The van der Waals surface area contributed by atoms with Crippen molar-refractivity contribution in [2.45, 2.75) is 30.1 Å². The van der Waals surface area contributed by atoms with Crippen molar-refractivity contribution in [2.24, 2.45) is 0 Å². The second kappa shape index (κ2) is 9.34. The Labute approximate surface area is 169 Å². The normalized spacial score (nSPS) is 19.4. The van der Waals surface area contributed by atoms with E-state index in [1.54, 1.807) is 24.3 Å². The Kier molecular flexibility index (Phi) is 6.87. The molecule has 2 aromatic carbocycles. The van der Waals surface area contributed by atoms with E-state index >= 15 is 0 Å². The summed E-state index contributed by atoms with van der Waals surface area (Å²) in [6.45, 7) is 0. The maximum Gasteiger partial charge on any atom is 0.225 e. The third-order valence-corrected chi connectivity index (χ3v) is 5.57. The highest BCUT2D eigenvalue weighted by Crippen LogP contribution is 2.21. The van der Waals surface area contributed by atoms with E-state index in [1.807, 2.05) is 18.2 Å². The van der Waals surface area contributed by atoms with Crippen molar-refractivity contribution in [1.82, 2.24) is 10.6 Å². The summed E-state index contributed by atoms with van der Waals surface area (Å²) in [5, 5.41) is 8.89. The number of rotatable bonds is 6. The molecule has 1 aliphatic heterocycles. The van der Waals surface area contributed by atoms with E-state index in [1.165, 1.54) is 17.8 Å². The van der Waals surface area contributed by atoms with E-state index in [2.05, 4.69) is 31.9 Å². The van der Waals surface area contributed by atoms with Crippen molar-refractivity contribution in [3.8, 4) is 0 Å². The molecule has 142 valence electrons. The fourth-order valence-electron chi connectivity index (χ4n) is 2.76. The zero-order valence-electron chi connectivity index (χ0n) is 14.4. The molecule has 2 atom stereocenters. The van der Waals surface area contributed by atoms with Crippen LogP contribution in [0.1, 0.15) is 18.4 Å². The van der Waals surface area contributed by atoms with Gasteiger partial charge in [0.15, 0.2) is 0 Å². The van der Waals surface area contributed by atoms with Gasteiger partial charge in [-0.1, -0.05) is 40.2 Å². The second-order valence-electron chi connectivity index (χ2n) is 6.18. The van der Waals surface area contributed by atoms with Gasteiger partial charge in [-0.3, -0.25) is 14.9 Å². The predicted octanol–water partition coefficient (Wildman–Crippen LogP) is 3.61. The Morgan fingerprint density at radius 1 is 1.26 bits per heavy atom. The van der Waals surface area contributed by atoms with Gasteiger partial charge < -0.3 is 10.6 Å². The maximum absolute atomic E-state index is 13.7. The second-order valence-corrected chi connectivity index (χ2v) is 8.19. The smallest absolute Gasteiger partial charge is 0.225 e. The predicted molar refractivity (Wildman–Crippen MR) is 109 cm³/mol.